The van der Waals surface area contributed by atoms with Crippen LogP contribution in [0.4, 0.5) is 30.8 Å². The van der Waals surface area contributed by atoms with Crippen LogP contribution in [0.2, 0.25) is 0 Å². The zero-order chi connectivity index (χ0) is 21.0. The van der Waals surface area contributed by atoms with E-state index in [0.29, 0.717) is 0 Å². The van der Waals surface area contributed by atoms with Crippen molar-refractivity contribution in [2.24, 2.45) is 0 Å². The molecule has 29 heavy (non-hydrogen) atoms. The molecule has 2 aromatic carbocycles. The molecule has 0 spiro atoms. The van der Waals surface area contributed by atoms with E-state index in [-0.39, 0.29) is 29.9 Å². The molecule has 0 radical (unpaired) electrons. The molecule has 1 heterocycles. The minimum absolute atomic E-state index is 0.0296. The largest absolute Gasteiger partial charge is 0.454 e. The number of nitrogens with two attached hydrogens (primary N) is 1. The minimum Gasteiger partial charge on any atom is -0.454 e. The molecule has 10 heteroatoms. The lowest BCUT2D eigenvalue weighted by Crippen LogP contribution is -2.11. The Balaban J connectivity index is 1.66. The number of aryl methyl sites for hydroxylation is 1. The summed E-state index contributed by atoms with van der Waals surface area (Å²) in [6.45, 7) is 1.63. The van der Waals surface area contributed by atoms with Gasteiger partial charge >= 0.3 is 12.1 Å². The van der Waals surface area contributed by atoms with Gasteiger partial charge in [0, 0.05) is 5.69 Å². The number of esters is 1. The van der Waals surface area contributed by atoms with Crippen molar-refractivity contribution in [3.63, 3.8) is 0 Å². The van der Waals surface area contributed by atoms with Gasteiger partial charge in [0.15, 0.2) is 12.4 Å². The summed E-state index contributed by atoms with van der Waals surface area (Å²) in [5, 5.41) is 2.96. The van der Waals surface area contributed by atoms with Crippen LogP contribution in [-0.4, -0.2) is 20.9 Å². The number of hydrogen-bond acceptors (Lipinski definition) is 7. The van der Waals surface area contributed by atoms with E-state index in [1.807, 2.05) is 31.2 Å². The third kappa shape index (κ3) is 5.41. The Morgan fingerprint density at radius 3 is 2.31 bits per heavy atom. The van der Waals surface area contributed by atoms with Crippen LogP contribution < -0.4 is 11.1 Å². The number of carbonyl (C=O) groups is 1. The van der Waals surface area contributed by atoms with Crippen molar-refractivity contribution in [1.29, 1.82) is 0 Å². The van der Waals surface area contributed by atoms with E-state index in [0.717, 1.165) is 35.5 Å². The molecule has 0 fully saturated rings. The SMILES string of the molecule is Cc1ccc(Nc2nc(N)nc(COC(=O)c3ccc(C(F)(F)F)cc3)n2)cc1. The highest BCUT2D eigenvalue weighted by atomic mass is 19.4. The van der Waals surface area contributed by atoms with Crippen LogP contribution in [0.3, 0.4) is 0 Å². The van der Waals surface area contributed by atoms with Crippen molar-refractivity contribution < 1.29 is 22.7 Å². The van der Waals surface area contributed by atoms with Crippen molar-refractivity contribution in [2.75, 3.05) is 11.1 Å². The molecule has 0 saturated heterocycles. The Hall–Kier alpha value is -3.69. The first-order valence-corrected chi connectivity index (χ1v) is 8.39. The first kappa shape index (κ1) is 20.1. The lowest BCUT2D eigenvalue weighted by atomic mass is 10.1. The molecule has 0 atom stereocenters. The van der Waals surface area contributed by atoms with Gasteiger partial charge in [-0.25, -0.2) is 4.79 Å². The third-order valence-corrected chi connectivity index (χ3v) is 3.79. The van der Waals surface area contributed by atoms with E-state index in [2.05, 4.69) is 20.3 Å². The fourth-order valence-corrected chi connectivity index (χ4v) is 2.33. The molecule has 3 aromatic rings. The highest BCUT2D eigenvalue weighted by molar-refractivity contribution is 5.89. The molecule has 0 saturated carbocycles. The van der Waals surface area contributed by atoms with Crippen LogP contribution in [0, 0.1) is 6.92 Å². The fraction of sp³-hybridized carbons (Fsp3) is 0.158. The number of halogens is 3. The van der Waals surface area contributed by atoms with Crippen molar-refractivity contribution >= 4 is 23.6 Å². The molecular weight excluding hydrogens is 387 g/mol. The van der Waals surface area contributed by atoms with Crippen molar-refractivity contribution in [2.45, 2.75) is 19.7 Å². The third-order valence-electron chi connectivity index (χ3n) is 3.79. The summed E-state index contributed by atoms with van der Waals surface area (Å²) in [6.07, 6.45) is -4.48. The molecular formula is C19H16F3N5O2. The number of alkyl halides is 3. The number of carbonyl (C=O) groups excluding carboxylic acids is 1. The van der Waals surface area contributed by atoms with Crippen molar-refractivity contribution in [3.05, 3.63) is 71.0 Å². The lowest BCUT2D eigenvalue weighted by molar-refractivity contribution is -0.137. The average Bonchev–Trinajstić information content (AvgIpc) is 2.67. The van der Waals surface area contributed by atoms with Crippen LogP contribution in [0.25, 0.3) is 0 Å². The Bertz CT molecular complexity index is 1010. The average molecular weight is 403 g/mol. The van der Waals surface area contributed by atoms with Gasteiger partial charge in [-0.15, -0.1) is 0 Å². The van der Waals surface area contributed by atoms with Gasteiger partial charge in [-0.05, 0) is 43.3 Å². The summed E-state index contributed by atoms with van der Waals surface area (Å²) in [5.41, 5.74) is 6.59. The van der Waals surface area contributed by atoms with Crippen LogP contribution in [-0.2, 0) is 17.5 Å². The zero-order valence-electron chi connectivity index (χ0n) is 15.2. The number of ether oxygens (including phenoxy) is 1. The molecule has 0 amide bonds. The lowest BCUT2D eigenvalue weighted by Gasteiger charge is -2.09. The summed E-state index contributed by atoms with van der Waals surface area (Å²) in [7, 11) is 0. The topological polar surface area (TPSA) is 103 Å². The second kappa shape index (κ2) is 8.13. The number of aromatic nitrogens is 3. The van der Waals surface area contributed by atoms with Gasteiger partial charge in [-0.2, -0.15) is 28.1 Å². The highest BCUT2D eigenvalue weighted by Gasteiger charge is 2.30. The van der Waals surface area contributed by atoms with Gasteiger partial charge in [0.25, 0.3) is 0 Å². The quantitative estimate of drug-likeness (QED) is 0.623. The van der Waals surface area contributed by atoms with E-state index in [1.54, 1.807) is 0 Å². The number of rotatable bonds is 5. The van der Waals surface area contributed by atoms with Gasteiger partial charge in [0.05, 0.1) is 11.1 Å². The Labute approximate surface area is 163 Å². The molecule has 1 aromatic heterocycles. The number of nitrogen functional groups attached to an aromatic ring is 1. The molecule has 0 unspecified atom stereocenters. The maximum atomic E-state index is 12.6. The second-order valence-electron chi connectivity index (χ2n) is 6.08. The summed E-state index contributed by atoms with van der Waals surface area (Å²) < 4.78 is 42.8. The first-order chi connectivity index (χ1) is 13.7. The van der Waals surface area contributed by atoms with Gasteiger partial charge in [-0.3, -0.25) is 0 Å². The molecule has 0 aliphatic heterocycles. The smallest absolute Gasteiger partial charge is 0.416 e. The fourth-order valence-electron chi connectivity index (χ4n) is 2.33. The van der Waals surface area contributed by atoms with Crippen LogP contribution >= 0.6 is 0 Å². The summed E-state index contributed by atoms with van der Waals surface area (Å²) in [5.74, 6) is -0.629. The summed E-state index contributed by atoms with van der Waals surface area (Å²) in [6, 6.07) is 11.2. The standard InChI is InChI=1S/C19H16F3N5O2/c1-11-2-8-14(9-3-11)24-18-26-15(25-17(23)27-18)10-29-16(28)12-4-6-13(7-5-12)19(20,21)22/h2-9H,10H2,1H3,(H3,23,24,25,26,27). The Morgan fingerprint density at radius 1 is 1.03 bits per heavy atom. The van der Waals surface area contributed by atoms with Crippen LogP contribution in [0.15, 0.2) is 48.5 Å². The number of benzene rings is 2. The molecule has 3 rings (SSSR count). The predicted octanol–water partition coefficient (Wildman–Crippen LogP) is 3.88. The van der Waals surface area contributed by atoms with Gasteiger partial charge < -0.3 is 15.8 Å². The zero-order valence-corrected chi connectivity index (χ0v) is 15.2. The highest BCUT2D eigenvalue weighted by Crippen LogP contribution is 2.29. The van der Waals surface area contributed by atoms with Gasteiger partial charge in [-0.1, -0.05) is 17.7 Å². The first-order valence-electron chi connectivity index (χ1n) is 8.39. The van der Waals surface area contributed by atoms with Gasteiger partial charge in [0.1, 0.15) is 0 Å². The molecule has 150 valence electrons. The molecule has 0 aliphatic carbocycles. The maximum Gasteiger partial charge on any atom is 0.416 e. The monoisotopic (exact) mass is 403 g/mol. The molecule has 0 aliphatic rings. The van der Waals surface area contributed by atoms with Crippen LogP contribution in [0.1, 0.15) is 27.3 Å². The Morgan fingerprint density at radius 2 is 1.69 bits per heavy atom. The van der Waals surface area contributed by atoms with E-state index < -0.39 is 17.7 Å². The van der Waals surface area contributed by atoms with Crippen LogP contribution in [0.5, 0.6) is 0 Å². The maximum absolute atomic E-state index is 12.6. The van der Waals surface area contributed by atoms with E-state index in [1.165, 1.54) is 0 Å². The Kier molecular flexibility index (Phi) is 5.62. The number of nitrogens with zero attached hydrogens (tertiary/aromatic N) is 3. The second-order valence-corrected chi connectivity index (χ2v) is 6.08. The van der Waals surface area contributed by atoms with E-state index in [9.17, 15) is 18.0 Å². The molecule has 3 N–H and O–H groups in total. The predicted molar refractivity (Wildman–Crippen MR) is 99.3 cm³/mol. The van der Waals surface area contributed by atoms with Crippen molar-refractivity contribution in [3.8, 4) is 0 Å². The number of hydrogen-bond donors (Lipinski definition) is 2. The van der Waals surface area contributed by atoms with E-state index >= 15 is 0 Å². The van der Waals surface area contributed by atoms with Gasteiger partial charge in [0.2, 0.25) is 11.9 Å². The number of anilines is 3. The summed E-state index contributed by atoms with van der Waals surface area (Å²) >= 11 is 0. The number of nitrogens with one attached hydrogen (secondary N) is 1. The van der Waals surface area contributed by atoms with Crippen molar-refractivity contribution in [1.82, 2.24) is 15.0 Å². The molecule has 7 nitrogen and oxygen atoms in total. The minimum atomic E-state index is -4.48. The summed E-state index contributed by atoms with van der Waals surface area (Å²) in [4.78, 5) is 24.0. The van der Waals surface area contributed by atoms with E-state index in [4.69, 9.17) is 10.5 Å². The normalized spacial score (nSPS) is 11.2. The molecule has 0 bridgehead atoms.